The summed E-state index contributed by atoms with van der Waals surface area (Å²) in [6.07, 6.45) is 6.04. The molecule has 3 aliphatic rings. The van der Waals surface area contributed by atoms with Crippen molar-refractivity contribution in [1.82, 2.24) is 19.6 Å². The molecule has 2 aliphatic carbocycles. The first kappa shape index (κ1) is 17.7. The van der Waals surface area contributed by atoms with E-state index in [2.05, 4.69) is 15.3 Å². The first-order chi connectivity index (χ1) is 12.3. The van der Waals surface area contributed by atoms with Crippen molar-refractivity contribution in [3.8, 4) is 0 Å². The number of aromatic amines is 1. The summed E-state index contributed by atoms with van der Waals surface area (Å²) in [6.45, 7) is 0.408. The van der Waals surface area contributed by atoms with Gasteiger partial charge in [-0.05, 0) is 38.5 Å². The minimum atomic E-state index is -3.36. The van der Waals surface area contributed by atoms with Crippen LogP contribution in [0.3, 0.4) is 0 Å². The van der Waals surface area contributed by atoms with Crippen LogP contribution in [0.1, 0.15) is 61.9 Å². The maximum Gasteiger partial charge on any atom is 0.251 e. The van der Waals surface area contributed by atoms with E-state index in [4.69, 9.17) is 0 Å². The van der Waals surface area contributed by atoms with Gasteiger partial charge in [-0.15, -0.1) is 0 Å². The first-order valence-corrected chi connectivity index (χ1v) is 11.0. The molecule has 1 amide bonds. The van der Waals surface area contributed by atoms with Gasteiger partial charge in [0, 0.05) is 30.5 Å². The number of carbonyl (C=O) groups is 1. The number of nitrogens with one attached hydrogen (secondary N) is 2. The lowest BCUT2D eigenvalue weighted by atomic mass is 9.78. The quantitative estimate of drug-likeness (QED) is 0.769. The number of nitrogens with zero attached hydrogens (tertiary/aromatic N) is 2. The van der Waals surface area contributed by atoms with E-state index in [9.17, 15) is 18.0 Å². The zero-order valence-corrected chi connectivity index (χ0v) is 15.6. The number of hydrogen-bond acceptors (Lipinski definition) is 5. The SMILES string of the molecule is CS(=O)(=O)N1CCCC1C(=O)NC1CC(c2cc(=O)[nH]c(C3CC3)n2)C1. The summed E-state index contributed by atoms with van der Waals surface area (Å²) >= 11 is 0. The molecule has 9 heteroatoms. The van der Waals surface area contributed by atoms with Crippen molar-refractivity contribution in [1.29, 1.82) is 0 Å². The van der Waals surface area contributed by atoms with Crippen LogP contribution < -0.4 is 10.9 Å². The third-order valence-electron chi connectivity index (χ3n) is 5.58. The van der Waals surface area contributed by atoms with Gasteiger partial charge in [0.15, 0.2) is 0 Å². The maximum atomic E-state index is 12.5. The van der Waals surface area contributed by atoms with Crippen LogP contribution in [0.2, 0.25) is 0 Å². The summed E-state index contributed by atoms with van der Waals surface area (Å²) in [7, 11) is -3.36. The Kier molecular flexibility index (Phi) is 4.38. The molecule has 1 unspecified atom stereocenters. The fourth-order valence-electron chi connectivity index (χ4n) is 3.93. The summed E-state index contributed by atoms with van der Waals surface area (Å²) in [6, 6.07) is 0.972. The highest BCUT2D eigenvalue weighted by Crippen LogP contribution is 2.40. The number of hydrogen-bond donors (Lipinski definition) is 2. The number of sulfonamides is 1. The number of amides is 1. The van der Waals surface area contributed by atoms with Crippen molar-refractivity contribution in [3.63, 3.8) is 0 Å². The summed E-state index contributed by atoms with van der Waals surface area (Å²) in [5.74, 6) is 1.14. The Balaban J connectivity index is 1.35. The topological polar surface area (TPSA) is 112 Å². The fourth-order valence-corrected chi connectivity index (χ4v) is 5.05. The normalized spacial score (nSPS) is 29.3. The van der Waals surface area contributed by atoms with E-state index in [0.29, 0.717) is 25.3 Å². The number of carbonyl (C=O) groups excluding carboxylic acids is 1. The molecule has 1 aromatic rings. The van der Waals surface area contributed by atoms with Gasteiger partial charge in [0.05, 0.1) is 11.9 Å². The lowest BCUT2D eigenvalue weighted by Crippen LogP contribution is -2.51. The Bertz CT molecular complexity index is 871. The zero-order chi connectivity index (χ0) is 18.5. The van der Waals surface area contributed by atoms with Crippen LogP contribution in [-0.4, -0.2) is 53.5 Å². The van der Waals surface area contributed by atoms with E-state index in [1.54, 1.807) is 6.07 Å². The third kappa shape index (κ3) is 3.55. The third-order valence-corrected chi connectivity index (χ3v) is 6.87. The van der Waals surface area contributed by atoms with Crippen LogP contribution in [0.25, 0.3) is 0 Å². The molecule has 0 bridgehead atoms. The van der Waals surface area contributed by atoms with Crippen molar-refractivity contribution in [2.45, 2.75) is 62.4 Å². The largest absolute Gasteiger partial charge is 0.352 e. The Labute approximate surface area is 152 Å². The molecule has 0 spiro atoms. The summed E-state index contributed by atoms with van der Waals surface area (Å²) < 4.78 is 24.9. The Hall–Kier alpha value is -1.74. The predicted molar refractivity (Wildman–Crippen MR) is 95.3 cm³/mol. The molecular formula is C17H24N4O4S. The average molecular weight is 380 g/mol. The highest BCUT2D eigenvalue weighted by Gasteiger charge is 2.40. The van der Waals surface area contributed by atoms with Crippen molar-refractivity contribution < 1.29 is 13.2 Å². The van der Waals surface area contributed by atoms with E-state index in [0.717, 1.165) is 43.5 Å². The standard InChI is InChI=1S/C17H24N4O4S/c1-26(24,25)21-6-2-3-14(21)17(23)18-12-7-11(8-12)13-9-15(22)20-16(19-13)10-4-5-10/h9-12,14H,2-8H2,1H3,(H,18,23)(H,19,20,22). The second kappa shape index (κ2) is 6.45. The predicted octanol–water partition coefficient (Wildman–Crippen LogP) is 0.434. The molecule has 1 aromatic heterocycles. The van der Waals surface area contributed by atoms with E-state index in [-0.39, 0.29) is 23.4 Å². The summed E-state index contributed by atoms with van der Waals surface area (Å²) in [4.78, 5) is 31.7. The lowest BCUT2D eigenvalue weighted by Gasteiger charge is -2.36. The maximum absolute atomic E-state index is 12.5. The van der Waals surface area contributed by atoms with Gasteiger partial charge in [-0.3, -0.25) is 9.59 Å². The Morgan fingerprint density at radius 2 is 2.00 bits per heavy atom. The highest BCUT2D eigenvalue weighted by atomic mass is 32.2. The molecule has 26 heavy (non-hydrogen) atoms. The number of aromatic nitrogens is 2. The van der Waals surface area contributed by atoms with Gasteiger partial charge in [0.25, 0.3) is 5.56 Å². The molecule has 3 fully saturated rings. The molecule has 1 atom stereocenters. The summed E-state index contributed by atoms with van der Waals surface area (Å²) in [5.41, 5.74) is 0.693. The molecule has 0 radical (unpaired) electrons. The molecule has 2 saturated carbocycles. The molecule has 8 nitrogen and oxygen atoms in total. The van der Waals surface area contributed by atoms with Crippen molar-refractivity contribution in [3.05, 3.63) is 27.9 Å². The zero-order valence-electron chi connectivity index (χ0n) is 14.8. The van der Waals surface area contributed by atoms with Gasteiger partial charge in [-0.1, -0.05) is 0 Å². The molecule has 142 valence electrons. The Morgan fingerprint density at radius 3 is 2.65 bits per heavy atom. The van der Waals surface area contributed by atoms with Gasteiger partial charge >= 0.3 is 0 Å². The van der Waals surface area contributed by atoms with Crippen molar-refractivity contribution in [2.75, 3.05) is 12.8 Å². The number of rotatable bonds is 5. The summed E-state index contributed by atoms with van der Waals surface area (Å²) in [5, 5.41) is 2.97. The smallest absolute Gasteiger partial charge is 0.251 e. The Morgan fingerprint density at radius 1 is 1.27 bits per heavy atom. The fraction of sp³-hybridized carbons (Fsp3) is 0.706. The van der Waals surface area contributed by atoms with Crippen molar-refractivity contribution in [2.24, 2.45) is 0 Å². The molecule has 0 aromatic carbocycles. The second-order valence-corrected chi connectivity index (χ2v) is 9.67. The van der Waals surface area contributed by atoms with Crippen LogP contribution in [0.5, 0.6) is 0 Å². The van der Waals surface area contributed by atoms with Gasteiger partial charge < -0.3 is 10.3 Å². The molecule has 2 N–H and O–H groups in total. The van der Waals surface area contributed by atoms with E-state index in [1.807, 2.05) is 0 Å². The molecule has 1 aliphatic heterocycles. The first-order valence-electron chi connectivity index (χ1n) is 9.19. The van der Waals surface area contributed by atoms with Gasteiger partial charge in [-0.2, -0.15) is 4.31 Å². The van der Waals surface area contributed by atoms with E-state index < -0.39 is 16.1 Å². The van der Waals surface area contributed by atoms with Gasteiger partial charge in [0.2, 0.25) is 15.9 Å². The minimum absolute atomic E-state index is 0.0139. The van der Waals surface area contributed by atoms with Crippen LogP contribution in [0, 0.1) is 0 Å². The molecule has 2 heterocycles. The van der Waals surface area contributed by atoms with Crippen LogP contribution in [0.4, 0.5) is 0 Å². The van der Waals surface area contributed by atoms with Gasteiger partial charge in [0.1, 0.15) is 11.9 Å². The van der Waals surface area contributed by atoms with Gasteiger partial charge in [-0.25, -0.2) is 13.4 Å². The number of H-pyrrole nitrogens is 1. The molecular weight excluding hydrogens is 356 g/mol. The van der Waals surface area contributed by atoms with Crippen LogP contribution in [0.15, 0.2) is 10.9 Å². The average Bonchev–Trinajstić information content (AvgIpc) is 3.24. The minimum Gasteiger partial charge on any atom is -0.352 e. The van der Waals surface area contributed by atoms with E-state index in [1.165, 1.54) is 4.31 Å². The van der Waals surface area contributed by atoms with Crippen LogP contribution in [-0.2, 0) is 14.8 Å². The molecule has 4 rings (SSSR count). The second-order valence-electron chi connectivity index (χ2n) is 7.74. The van der Waals surface area contributed by atoms with Crippen LogP contribution >= 0.6 is 0 Å². The lowest BCUT2D eigenvalue weighted by molar-refractivity contribution is -0.125. The van der Waals surface area contributed by atoms with E-state index >= 15 is 0 Å². The monoisotopic (exact) mass is 380 g/mol. The van der Waals surface area contributed by atoms with Crippen molar-refractivity contribution >= 4 is 15.9 Å². The molecule has 1 saturated heterocycles. The highest BCUT2D eigenvalue weighted by molar-refractivity contribution is 7.88.